The van der Waals surface area contributed by atoms with Crippen molar-refractivity contribution in [3.63, 3.8) is 0 Å². The molecule has 19 heavy (non-hydrogen) atoms. The lowest BCUT2D eigenvalue weighted by Gasteiger charge is -2.15. The van der Waals surface area contributed by atoms with Crippen LogP contribution in [-0.4, -0.2) is 12.5 Å². The van der Waals surface area contributed by atoms with Gasteiger partial charge in [0.2, 0.25) is 0 Å². The number of furan rings is 1. The number of hydrogen-bond acceptors (Lipinski definition) is 3. The summed E-state index contributed by atoms with van der Waals surface area (Å²) < 4.78 is 5.53. The summed E-state index contributed by atoms with van der Waals surface area (Å²) in [6.07, 6.45) is 1.59. The second-order valence-electron chi connectivity index (χ2n) is 4.67. The zero-order valence-corrected chi connectivity index (χ0v) is 10.8. The summed E-state index contributed by atoms with van der Waals surface area (Å²) >= 11 is 0. The molecule has 0 aliphatic carbocycles. The largest absolute Gasteiger partial charge is 0.456 e. The van der Waals surface area contributed by atoms with Crippen LogP contribution in [0.25, 0.3) is 0 Å². The summed E-state index contributed by atoms with van der Waals surface area (Å²) in [5.74, 6) is 1.13. The van der Waals surface area contributed by atoms with E-state index in [0.717, 1.165) is 35.5 Å². The Hall–Kier alpha value is -2.23. The second-order valence-corrected chi connectivity index (χ2v) is 4.67. The van der Waals surface area contributed by atoms with Crippen molar-refractivity contribution < 1.29 is 9.21 Å². The van der Waals surface area contributed by atoms with Gasteiger partial charge >= 0.3 is 0 Å². The number of nitrogens with two attached hydrogens (primary N) is 1. The van der Waals surface area contributed by atoms with Crippen molar-refractivity contribution in [1.82, 2.24) is 0 Å². The van der Waals surface area contributed by atoms with Gasteiger partial charge < -0.3 is 15.1 Å². The van der Waals surface area contributed by atoms with Crippen molar-refractivity contribution in [2.45, 2.75) is 19.8 Å². The van der Waals surface area contributed by atoms with Crippen molar-refractivity contribution in [2.75, 3.05) is 17.2 Å². The predicted octanol–water partition coefficient (Wildman–Crippen LogP) is 2.63. The number of benzene rings is 1. The fourth-order valence-electron chi connectivity index (χ4n) is 2.49. The van der Waals surface area contributed by atoms with E-state index in [1.807, 2.05) is 31.2 Å². The third-order valence-corrected chi connectivity index (χ3v) is 3.53. The van der Waals surface area contributed by atoms with Gasteiger partial charge in [0.1, 0.15) is 5.76 Å². The monoisotopic (exact) mass is 256 g/mol. The van der Waals surface area contributed by atoms with E-state index in [-0.39, 0.29) is 5.91 Å². The Balaban J connectivity index is 1.93. The van der Waals surface area contributed by atoms with Gasteiger partial charge in [-0.2, -0.15) is 0 Å². The average molecular weight is 256 g/mol. The molecule has 0 atom stereocenters. The first-order valence-corrected chi connectivity index (χ1v) is 6.48. The molecule has 2 heterocycles. The molecule has 98 valence electrons. The first-order chi connectivity index (χ1) is 9.20. The van der Waals surface area contributed by atoms with Crippen LogP contribution < -0.4 is 10.6 Å². The van der Waals surface area contributed by atoms with E-state index >= 15 is 0 Å². The summed E-state index contributed by atoms with van der Waals surface area (Å²) in [5, 5.41) is 0. The van der Waals surface area contributed by atoms with E-state index in [1.165, 1.54) is 0 Å². The predicted molar refractivity (Wildman–Crippen MR) is 74.3 cm³/mol. The van der Waals surface area contributed by atoms with E-state index in [9.17, 15) is 4.79 Å². The van der Waals surface area contributed by atoms with Gasteiger partial charge in [-0.1, -0.05) is 13.0 Å². The Bertz CT molecular complexity index is 631. The van der Waals surface area contributed by atoms with E-state index in [1.54, 1.807) is 11.0 Å². The van der Waals surface area contributed by atoms with Crippen molar-refractivity contribution in [2.24, 2.45) is 0 Å². The highest BCUT2D eigenvalue weighted by atomic mass is 16.4. The molecule has 0 spiro atoms. The lowest BCUT2D eigenvalue weighted by Crippen LogP contribution is -2.28. The Morgan fingerprint density at radius 3 is 2.95 bits per heavy atom. The Labute approximate surface area is 111 Å². The van der Waals surface area contributed by atoms with Crippen LogP contribution >= 0.6 is 0 Å². The molecule has 0 unspecified atom stereocenters. The summed E-state index contributed by atoms with van der Waals surface area (Å²) in [6, 6.07) is 9.27. The van der Waals surface area contributed by atoms with Gasteiger partial charge in [0.05, 0.1) is 0 Å². The van der Waals surface area contributed by atoms with Crippen LogP contribution in [0.5, 0.6) is 0 Å². The Kier molecular flexibility index (Phi) is 2.78. The standard InChI is InChI=1S/C15H16N2O2/c1-2-10-6-7-14(19-10)15(18)17-9-8-11-12(16)4-3-5-13(11)17/h3-7H,2,8-9,16H2,1H3. The molecule has 2 N–H and O–H groups in total. The van der Waals surface area contributed by atoms with Crippen molar-refractivity contribution in [3.05, 3.63) is 47.4 Å². The molecule has 4 heteroatoms. The van der Waals surface area contributed by atoms with E-state index < -0.39 is 0 Å². The Morgan fingerprint density at radius 2 is 2.21 bits per heavy atom. The molecule has 0 saturated heterocycles. The number of aryl methyl sites for hydroxylation is 1. The number of carbonyl (C=O) groups excluding carboxylic acids is 1. The number of nitrogens with zero attached hydrogens (tertiary/aromatic N) is 1. The summed E-state index contributed by atoms with van der Waals surface area (Å²) in [6.45, 7) is 2.66. The third-order valence-electron chi connectivity index (χ3n) is 3.53. The lowest BCUT2D eigenvalue weighted by atomic mass is 10.1. The molecule has 1 amide bonds. The molecule has 1 aromatic carbocycles. The summed E-state index contributed by atoms with van der Waals surface area (Å²) in [5.41, 5.74) is 8.64. The van der Waals surface area contributed by atoms with Gasteiger partial charge in [0.15, 0.2) is 5.76 Å². The van der Waals surface area contributed by atoms with Crippen LogP contribution in [0.4, 0.5) is 11.4 Å². The highest BCUT2D eigenvalue weighted by molar-refractivity contribution is 6.06. The SMILES string of the molecule is CCc1ccc(C(=O)N2CCc3c(N)cccc32)o1. The molecule has 1 aromatic heterocycles. The maximum absolute atomic E-state index is 12.4. The summed E-state index contributed by atoms with van der Waals surface area (Å²) in [4.78, 5) is 14.2. The van der Waals surface area contributed by atoms with Crippen LogP contribution in [0.1, 0.15) is 28.8 Å². The van der Waals surface area contributed by atoms with Gasteiger partial charge in [-0.05, 0) is 30.7 Å². The van der Waals surface area contributed by atoms with E-state index in [2.05, 4.69) is 0 Å². The van der Waals surface area contributed by atoms with Crippen LogP contribution in [0, 0.1) is 0 Å². The lowest BCUT2D eigenvalue weighted by molar-refractivity contribution is 0.0961. The Morgan fingerprint density at radius 1 is 1.37 bits per heavy atom. The molecule has 0 fully saturated rings. The molecule has 0 bridgehead atoms. The first-order valence-electron chi connectivity index (χ1n) is 6.48. The molecule has 2 aromatic rings. The number of rotatable bonds is 2. The smallest absolute Gasteiger partial charge is 0.293 e. The first kappa shape index (κ1) is 11.8. The van der Waals surface area contributed by atoms with E-state index in [4.69, 9.17) is 10.2 Å². The zero-order chi connectivity index (χ0) is 13.4. The topological polar surface area (TPSA) is 59.5 Å². The van der Waals surface area contributed by atoms with Crippen LogP contribution in [-0.2, 0) is 12.8 Å². The maximum Gasteiger partial charge on any atom is 0.293 e. The fourth-order valence-corrected chi connectivity index (χ4v) is 2.49. The molecule has 3 rings (SSSR count). The number of fused-ring (bicyclic) bond motifs is 1. The van der Waals surface area contributed by atoms with Gasteiger partial charge in [-0.3, -0.25) is 4.79 Å². The zero-order valence-electron chi connectivity index (χ0n) is 10.8. The fraction of sp³-hybridized carbons (Fsp3) is 0.267. The van der Waals surface area contributed by atoms with Gasteiger partial charge in [0, 0.05) is 29.9 Å². The van der Waals surface area contributed by atoms with Gasteiger partial charge in [0.25, 0.3) is 5.91 Å². The average Bonchev–Trinajstić information content (AvgIpc) is 3.05. The molecule has 0 saturated carbocycles. The minimum absolute atomic E-state index is 0.0935. The van der Waals surface area contributed by atoms with Crippen LogP contribution in [0.2, 0.25) is 0 Å². The second kappa shape index (κ2) is 4.46. The molecular formula is C15H16N2O2. The normalized spacial score (nSPS) is 13.6. The minimum atomic E-state index is -0.0935. The van der Waals surface area contributed by atoms with Crippen LogP contribution in [0.3, 0.4) is 0 Å². The molecule has 1 aliphatic heterocycles. The molecular weight excluding hydrogens is 240 g/mol. The minimum Gasteiger partial charge on any atom is -0.456 e. The van der Waals surface area contributed by atoms with Crippen molar-refractivity contribution >= 4 is 17.3 Å². The maximum atomic E-state index is 12.4. The van der Waals surface area contributed by atoms with Crippen molar-refractivity contribution in [1.29, 1.82) is 0 Å². The third kappa shape index (κ3) is 1.89. The van der Waals surface area contributed by atoms with Crippen molar-refractivity contribution in [3.8, 4) is 0 Å². The highest BCUT2D eigenvalue weighted by Gasteiger charge is 2.28. The van der Waals surface area contributed by atoms with Crippen LogP contribution in [0.15, 0.2) is 34.7 Å². The number of amides is 1. The highest BCUT2D eigenvalue weighted by Crippen LogP contribution is 2.33. The van der Waals surface area contributed by atoms with Gasteiger partial charge in [-0.15, -0.1) is 0 Å². The molecule has 4 nitrogen and oxygen atoms in total. The van der Waals surface area contributed by atoms with E-state index in [0.29, 0.717) is 12.3 Å². The number of anilines is 2. The van der Waals surface area contributed by atoms with Gasteiger partial charge in [-0.25, -0.2) is 0 Å². The molecule has 1 aliphatic rings. The summed E-state index contributed by atoms with van der Waals surface area (Å²) in [7, 11) is 0. The number of carbonyl (C=O) groups is 1. The number of hydrogen-bond donors (Lipinski definition) is 1. The number of nitrogen functional groups attached to an aromatic ring is 1. The molecule has 0 radical (unpaired) electrons. The quantitative estimate of drug-likeness (QED) is 0.840.